The van der Waals surface area contributed by atoms with Crippen molar-refractivity contribution in [1.29, 1.82) is 0 Å². The highest BCUT2D eigenvalue weighted by atomic mass is 16.1. The Bertz CT molecular complexity index is 359. The van der Waals surface area contributed by atoms with Crippen LogP contribution in [0.15, 0.2) is 12.1 Å². The first-order valence-electron chi connectivity index (χ1n) is 5.20. The molecule has 0 aliphatic rings. The van der Waals surface area contributed by atoms with Crippen molar-refractivity contribution >= 4 is 11.5 Å². The fraction of sp³-hybridized carbons (Fsp3) is 0.462. The SMILES string of the molecule is CC(=O)CN(C)c1c(C)cc(C)cc1C. The normalized spacial score (nSPS) is 10.2. The van der Waals surface area contributed by atoms with E-state index in [1.165, 1.54) is 22.4 Å². The molecule has 0 saturated heterocycles. The minimum Gasteiger partial charge on any atom is -0.367 e. The zero-order chi connectivity index (χ0) is 11.6. The van der Waals surface area contributed by atoms with E-state index < -0.39 is 0 Å². The average Bonchev–Trinajstić information content (AvgIpc) is 1.99. The monoisotopic (exact) mass is 205 g/mol. The van der Waals surface area contributed by atoms with E-state index in [0.717, 1.165) is 0 Å². The first-order valence-corrected chi connectivity index (χ1v) is 5.20. The highest BCUT2D eigenvalue weighted by Crippen LogP contribution is 2.24. The molecule has 0 aromatic heterocycles. The Morgan fingerprint density at radius 2 is 1.67 bits per heavy atom. The number of ketones is 1. The van der Waals surface area contributed by atoms with Gasteiger partial charge in [0.1, 0.15) is 5.78 Å². The number of rotatable bonds is 3. The van der Waals surface area contributed by atoms with Gasteiger partial charge in [-0.25, -0.2) is 0 Å². The lowest BCUT2D eigenvalue weighted by Gasteiger charge is -2.22. The molecule has 82 valence electrons. The van der Waals surface area contributed by atoms with Crippen LogP contribution in [0, 0.1) is 20.8 Å². The minimum absolute atomic E-state index is 0.192. The van der Waals surface area contributed by atoms with E-state index in [-0.39, 0.29) is 5.78 Å². The third-order valence-corrected chi connectivity index (χ3v) is 2.48. The summed E-state index contributed by atoms with van der Waals surface area (Å²) in [4.78, 5) is 13.1. The largest absolute Gasteiger partial charge is 0.367 e. The number of benzene rings is 1. The predicted molar refractivity (Wildman–Crippen MR) is 64.6 cm³/mol. The van der Waals surface area contributed by atoms with Gasteiger partial charge in [-0.05, 0) is 38.8 Å². The Hall–Kier alpha value is -1.31. The van der Waals surface area contributed by atoms with Crippen molar-refractivity contribution in [3.05, 3.63) is 28.8 Å². The molecule has 0 aliphatic heterocycles. The van der Waals surface area contributed by atoms with Gasteiger partial charge >= 0.3 is 0 Å². The predicted octanol–water partition coefficient (Wildman–Crippen LogP) is 2.64. The molecule has 15 heavy (non-hydrogen) atoms. The number of carbonyl (C=O) groups excluding carboxylic acids is 1. The Morgan fingerprint density at radius 1 is 1.20 bits per heavy atom. The molecule has 2 heteroatoms. The highest BCUT2D eigenvalue weighted by molar-refractivity contribution is 5.81. The zero-order valence-corrected chi connectivity index (χ0v) is 10.2. The molecule has 0 bridgehead atoms. The summed E-state index contributed by atoms with van der Waals surface area (Å²) in [6.07, 6.45) is 0. The van der Waals surface area contributed by atoms with Gasteiger partial charge in [-0.15, -0.1) is 0 Å². The van der Waals surface area contributed by atoms with Crippen LogP contribution in [0.5, 0.6) is 0 Å². The van der Waals surface area contributed by atoms with Gasteiger partial charge in [0.05, 0.1) is 6.54 Å². The molecule has 1 aromatic rings. The molecule has 0 radical (unpaired) electrons. The molecule has 0 fully saturated rings. The number of aryl methyl sites for hydroxylation is 3. The summed E-state index contributed by atoms with van der Waals surface area (Å²) in [6.45, 7) is 8.37. The van der Waals surface area contributed by atoms with Crippen LogP contribution in [0.3, 0.4) is 0 Å². The van der Waals surface area contributed by atoms with Gasteiger partial charge < -0.3 is 4.90 Å². The zero-order valence-electron chi connectivity index (χ0n) is 10.2. The number of likely N-dealkylation sites (N-methyl/N-ethyl adjacent to an activating group) is 1. The number of nitrogens with zero attached hydrogens (tertiary/aromatic N) is 1. The van der Waals surface area contributed by atoms with Gasteiger partial charge in [0.2, 0.25) is 0 Å². The lowest BCUT2D eigenvalue weighted by molar-refractivity contribution is -0.115. The first kappa shape index (κ1) is 11.8. The molecular formula is C13H19NO. The second-order valence-electron chi connectivity index (χ2n) is 4.31. The molecule has 0 atom stereocenters. The molecular weight excluding hydrogens is 186 g/mol. The van der Waals surface area contributed by atoms with Crippen LogP contribution in [0.25, 0.3) is 0 Å². The summed E-state index contributed by atoms with van der Waals surface area (Å²) >= 11 is 0. The summed E-state index contributed by atoms with van der Waals surface area (Å²) in [7, 11) is 1.96. The minimum atomic E-state index is 0.192. The number of carbonyl (C=O) groups is 1. The van der Waals surface area contributed by atoms with Crippen LogP contribution in [0.2, 0.25) is 0 Å². The van der Waals surface area contributed by atoms with Crippen LogP contribution >= 0.6 is 0 Å². The van der Waals surface area contributed by atoms with Gasteiger partial charge in [0.15, 0.2) is 0 Å². The quantitative estimate of drug-likeness (QED) is 0.756. The summed E-state index contributed by atoms with van der Waals surface area (Å²) < 4.78 is 0. The van der Waals surface area contributed by atoms with Gasteiger partial charge in [0.25, 0.3) is 0 Å². The number of hydrogen-bond donors (Lipinski definition) is 0. The Morgan fingerprint density at radius 3 is 2.07 bits per heavy atom. The average molecular weight is 205 g/mol. The molecule has 0 spiro atoms. The Labute approximate surface area is 91.9 Å². The van der Waals surface area contributed by atoms with Gasteiger partial charge in [-0.3, -0.25) is 4.79 Å². The lowest BCUT2D eigenvalue weighted by atomic mass is 10.0. The molecule has 0 N–H and O–H groups in total. The molecule has 1 rings (SSSR count). The van der Waals surface area contributed by atoms with Crippen molar-refractivity contribution in [2.45, 2.75) is 27.7 Å². The fourth-order valence-corrected chi connectivity index (χ4v) is 2.19. The number of hydrogen-bond acceptors (Lipinski definition) is 2. The summed E-state index contributed by atoms with van der Waals surface area (Å²) in [5.74, 6) is 0.192. The van der Waals surface area contributed by atoms with Crippen LogP contribution in [-0.2, 0) is 4.79 Å². The van der Waals surface area contributed by atoms with E-state index in [1.807, 2.05) is 11.9 Å². The summed E-state index contributed by atoms with van der Waals surface area (Å²) in [6, 6.07) is 4.30. The molecule has 0 amide bonds. The molecule has 0 aliphatic carbocycles. The van der Waals surface area contributed by atoms with Crippen molar-refractivity contribution in [1.82, 2.24) is 0 Å². The maximum absolute atomic E-state index is 11.1. The second kappa shape index (κ2) is 4.47. The van der Waals surface area contributed by atoms with E-state index >= 15 is 0 Å². The molecule has 1 aromatic carbocycles. The smallest absolute Gasteiger partial charge is 0.149 e. The van der Waals surface area contributed by atoms with Gasteiger partial charge in [-0.2, -0.15) is 0 Å². The van der Waals surface area contributed by atoms with Crippen LogP contribution < -0.4 is 4.90 Å². The molecule has 0 unspecified atom stereocenters. The van der Waals surface area contributed by atoms with E-state index in [2.05, 4.69) is 32.9 Å². The lowest BCUT2D eigenvalue weighted by Crippen LogP contribution is -2.25. The third-order valence-electron chi connectivity index (χ3n) is 2.48. The standard InChI is InChI=1S/C13H19NO/c1-9-6-10(2)13(11(3)7-9)14(5)8-12(4)15/h6-7H,8H2,1-5H3. The van der Waals surface area contributed by atoms with E-state index in [4.69, 9.17) is 0 Å². The Kier molecular flexibility index (Phi) is 3.51. The van der Waals surface area contributed by atoms with E-state index in [9.17, 15) is 4.79 Å². The van der Waals surface area contributed by atoms with Gasteiger partial charge in [0, 0.05) is 12.7 Å². The summed E-state index contributed by atoms with van der Waals surface area (Å²) in [5, 5.41) is 0. The van der Waals surface area contributed by atoms with Crippen LogP contribution in [-0.4, -0.2) is 19.4 Å². The first-order chi connectivity index (χ1) is 6.91. The second-order valence-corrected chi connectivity index (χ2v) is 4.31. The summed E-state index contributed by atoms with van der Waals surface area (Å²) in [5.41, 5.74) is 4.91. The van der Waals surface area contributed by atoms with E-state index in [0.29, 0.717) is 6.54 Å². The molecule has 0 saturated carbocycles. The van der Waals surface area contributed by atoms with Crippen molar-refractivity contribution in [3.63, 3.8) is 0 Å². The maximum atomic E-state index is 11.1. The van der Waals surface area contributed by atoms with Crippen molar-refractivity contribution in [3.8, 4) is 0 Å². The molecule has 0 heterocycles. The van der Waals surface area contributed by atoms with Crippen LogP contribution in [0.1, 0.15) is 23.6 Å². The number of Topliss-reactive ketones (excluding diaryl/α,β-unsaturated/α-hetero) is 1. The molecule has 2 nitrogen and oxygen atoms in total. The van der Waals surface area contributed by atoms with E-state index in [1.54, 1.807) is 6.92 Å². The fourth-order valence-electron chi connectivity index (χ4n) is 2.19. The van der Waals surface area contributed by atoms with Crippen molar-refractivity contribution < 1.29 is 4.79 Å². The maximum Gasteiger partial charge on any atom is 0.149 e. The van der Waals surface area contributed by atoms with Crippen LogP contribution in [0.4, 0.5) is 5.69 Å². The number of anilines is 1. The van der Waals surface area contributed by atoms with Crippen molar-refractivity contribution in [2.75, 3.05) is 18.5 Å². The van der Waals surface area contributed by atoms with Gasteiger partial charge in [-0.1, -0.05) is 17.7 Å². The topological polar surface area (TPSA) is 20.3 Å². The highest BCUT2D eigenvalue weighted by Gasteiger charge is 2.09. The Balaban J connectivity index is 3.08. The van der Waals surface area contributed by atoms with Crippen molar-refractivity contribution in [2.24, 2.45) is 0 Å². The third kappa shape index (κ3) is 2.82.